The molecule has 1 aliphatic rings. The molecule has 4 nitrogen and oxygen atoms in total. The average molecular weight is 264 g/mol. The number of nitrogens with zero attached hydrogens (tertiary/aromatic N) is 2. The Labute approximate surface area is 117 Å². The summed E-state index contributed by atoms with van der Waals surface area (Å²) in [5.74, 6) is 0.487. The first-order valence-electron chi connectivity index (χ1n) is 6.94. The van der Waals surface area contributed by atoms with Crippen LogP contribution < -0.4 is 5.32 Å². The Balaban J connectivity index is 2.12. The van der Waals surface area contributed by atoms with Gasteiger partial charge in [-0.05, 0) is 12.0 Å². The lowest BCUT2D eigenvalue weighted by Crippen LogP contribution is -2.15. The van der Waals surface area contributed by atoms with Crippen molar-refractivity contribution in [3.63, 3.8) is 0 Å². The topological polar surface area (TPSA) is 53.6 Å². The Kier molecular flexibility index (Phi) is 2.33. The van der Waals surface area contributed by atoms with Gasteiger partial charge in [-0.1, -0.05) is 32.0 Å². The zero-order chi connectivity index (χ0) is 13.7. The minimum Gasteiger partial charge on any atom is -0.377 e. The number of nitrogens with one attached hydrogen (secondary N) is 2. The van der Waals surface area contributed by atoms with Crippen molar-refractivity contribution in [1.82, 2.24) is 15.2 Å². The second-order valence-corrected chi connectivity index (χ2v) is 5.64. The van der Waals surface area contributed by atoms with E-state index >= 15 is 0 Å². The molecule has 20 heavy (non-hydrogen) atoms. The van der Waals surface area contributed by atoms with Gasteiger partial charge in [-0.3, -0.25) is 0 Å². The van der Waals surface area contributed by atoms with Gasteiger partial charge in [-0.15, -0.1) is 5.10 Å². The highest BCUT2D eigenvalue weighted by Crippen LogP contribution is 2.42. The van der Waals surface area contributed by atoms with Crippen LogP contribution in [0.25, 0.3) is 22.2 Å². The standard InChI is InChI=1S/C16H16N4/c1-9(2)15-12-7-17-16-14(12)11(8-18-20-16)10-5-3-4-6-13(10)19-15/h3-9,15,19H,1-2H3,(H,17,20). The van der Waals surface area contributed by atoms with Gasteiger partial charge >= 0.3 is 0 Å². The fourth-order valence-electron chi connectivity index (χ4n) is 3.06. The third-order valence-electron chi connectivity index (χ3n) is 4.03. The summed E-state index contributed by atoms with van der Waals surface area (Å²) in [4.78, 5) is 3.25. The molecular weight excluding hydrogens is 248 g/mol. The van der Waals surface area contributed by atoms with Crippen LogP contribution in [0.5, 0.6) is 0 Å². The maximum absolute atomic E-state index is 4.22. The summed E-state index contributed by atoms with van der Waals surface area (Å²) in [5, 5.41) is 13.2. The Morgan fingerprint density at radius 1 is 1.15 bits per heavy atom. The first kappa shape index (κ1) is 11.5. The zero-order valence-electron chi connectivity index (χ0n) is 11.5. The van der Waals surface area contributed by atoms with E-state index in [2.05, 4.69) is 64.8 Å². The van der Waals surface area contributed by atoms with Gasteiger partial charge in [-0.2, -0.15) is 5.10 Å². The summed E-state index contributed by atoms with van der Waals surface area (Å²) in [5.41, 5.74) is 5.64. The molecule has 1 aliphatic heterocycles. The number of fused-ring (bicyclic) bond motifs is 2. The largest absolute Gasteiger partial charge is 0.377 e. The van der Waals surface area contributed by atoms with E-state index in [0.29, 0.717) is 5.92 Å². The number of para-hydroxylation sites is 1. The van der Waals surface area contributed by atoms with Gasteiger partial charge in [0.15, 0.2) is 5.65 Å². The van der Waals surface area contributed by atoms with Gasteiger partial charge in [0.25, 0.3) is 0 Å². The van der Waals surface area contributed by atoms with E-state index in [4.69, 9.17) is 0 Å². The predicted molar refractivity (Wildman–Crippen MR) is 80.5 cm³/mol. The molecule has 0 fully saturated rings. The van der Waals surface area contributed by atoms with E-state index in [-0.39, 0.29) is 6.04 Å². The second-order valence-electron chi connectivity index (χ2n) is 5.64. The molecule has 0 saturated heterocycles. The molecule has 0 saturated carbocycles. The average Bonchev–Trinajstić information content (AvgIpc) is 2.82. The highest BCUT2D eigenvalue weighted by atomic mass is 15.1. The van der Waals surface area contributed by atoms with E-state index in [1.165, 1.54) is 16.5 Å². The van der Waals surface area contributed by atoms with Crippen molar-refractivity contribution < 1.29 is 0 Å². The third kappa shape index (κ3) is 1.48. The SMILES string of the molecule is CC(C)C1Nc2ccccc2-c2cnnc3[nH]cc1c23. The summed E-state index contributed by atoms with van der Waals surface area (Å²) in [6.45, 7) is 4.47. The molecule has 4 rings (SSSR count). The molecule has 2 aromatic heterocycles. The molecule has 2 N–H and O–H groups in total. The van der Waals surface area contributed by atoms with E-state index in [1.807, 2.05) is 6.20 Å². The molecule has 100 valence electrons. The van der Waals surface area contributed by atoms with Crippen LogP contribution in [0.15, 0.2) is 36.7 Å². The van der Waals surface area contributed by atoms with Crippen LogP contribution in [0.2, 0.25) is 0 Å². The molecule has 0 radical (unpaired) electrons. The Morgan fingerprint density at radius 2 is 2.00 bits per heavy atom. The zero-order valence-corrected chi connectivity index (χ0v) is 11.5. The number of anilines is 1. The molecule has 1 aromatic carbocycles. The van der Waals surface area contributed by atoms with Crippen molar-refractivity contribution in [3.8, 4) is 11.1 Å². The van der Waals surface area contributed by atoms with E-state index < -0.39 is 0 Å². The van der Waals surface area contributed by atoms with Gasteiger partial charge in [0.05, 0.1) is 12.2 Å². The smallest absolute Gasteiger partial charge is 0.160 e. The van der Waals surface area contributed by atoms with Crippen LogP contribution in [-0.2, 0) is 0 Å². The number of benzene rings is 1. The molecule has 0 amide bonds. The van der Waals surface area contributed by atoms with Crippen molar-refractivity contribution in [2.75, 3.05) is 5.32 Å². The highest BCUT2D eigenvalue weighted by Gasteiger charge is 2.26. The van der Waals surface area contributed by atoms with Crippen LogP contribution in [0.3, 0.4) is 0 Å². The van der Waals surface area contributed by atoms with Crippen LogP contribution >= 0.6 is 0 Å². The lowest BCUT2D eigenvalue weighted by Gasteiger charge is -2.22. The fraction of sp³-hybridized carbons (Fsp3) is 0.250. The fourth-order valence-corrected chi connectivity index (χ4v) is 3.06. The first-order valence-corrected chi connectivity index (χ1v) is 6.94. The van der Waals surface area contributed by atoms with Crippen molar-refractivity contribution >= 4 is 16.7 Å². The number of rotatable bonds is 1. The quantitative estimate of drug-likeness (QED) is 0.704. The van der Waals surface area contributed by atoms with Gasteiger partial charge in [0, 0.05) is 34.0 Å². The van der Waals surface area contributed by atoms with Gasteiger partial charge in [0.1, 0.15) is 0 Å². The van der Waals surface area contributed by atoms with E-state index in [1.54, 1.807) is 0 Å². The molecule has 0 bridgehead atoms. The molecule has 0 spiro atoms. The van der Waals surface area contributed by atoms with Crippen molar-refractivity contribution in [3.05, 3.63) is 42.2 Å². The van der Waals surface area contributed by atoms with Gasteiger partial charge in [-0.25, -0.2) is 0 Å². The normalized spacial score (nSPS) is 16.9. The Morgan fingerprint density at radius 3 is 2.85 bits per heavy atom. The molecule has 4 heteroatoms. The molecule has 1 unspecified atom stereocenters. The minimum atomic E-state index is 0.273. The third-order valence-corrected chi connectivity index (χ3v) is 4.03. The number of hydrogen-bond donors (Lipinski definition) is 2. The minimum absolute atomic E-state index is 0.273. The summed E-state index contributed by atoms with van der Waals surface area (Å²) in [6.07, 6.45) is 3.93. The van der Waals surface area contributed by atoms with Crippen LogP contribution in [0.1, 0.15) is 25.5 Å². The molecule has 0 aliphatic carbocycles. The lowest BCUT2D eigenvalue weighted by molar-refractivity contribution is 0.550. The first-order chi connectivity index (χ1) is 9.75. The molecule has 1 atom stereocenters. The van der Waals surface area contributed by atoms with Crippen LogP contribution in [0, 0.1) is 5.92 Å². The number of hydrogen-bond acceptors (Lipinski definition) is 3. The highest BCUT2D eigenvalue weighted by molar-refractivity contribution is 6.00. The maximum atomic E-state index is 4.22. The van der Waals surface area contributed by atoms with Crippen LogP contribution in [0.4, 0.5) is 5.69 Å². The predicted octanol–water partition coefficient (Wildman–Crippen LogP) is 3.75. The van der Waals surface area contributed by atoms with E-state index in [0.717, 1.165) is 16.9 Å². The summed E-state index contributed by atoms with van der Waals surface area (Å²) >= 11 is 0. The monoisotopic (exact) mass is 264 g/mol. The Bertz CT molecular complexity index is 788. The summed E-state index contributed by atoms with van der Waals surface area (Å²) in [6, 6.07) is 8.67. The van der Waals surface area contributed by atoms with Crippen LogP contribution in [-0.4, -0.2) is 15.2 Å². The molecular formula is C16H16N4. The number of aromatic amines is 1. The van der Waals surface area contributed by atoms with Crippen molar-refractivity contribution in [1.29, 1.82) is 0 Å². The number of aromatic nitrogens is 3. The summed E-state index contributed by atoms with van der Waals surface area (Å²) in [7, 11) is 0. The summed E-state index contributed by atoms with van der Waals surface area (Å²) < 4.78 is 0. The number of H-pyrrole nitrogens is 1. The lowest BCUT2D eigenvalue weighted by atomic mass is 9.95. The van der Waals surface area contributed by atoms with Gasteiger partial charge < -0.3 is 10.3 Å². The molecule has 3 heterocycles. The van der Waals surface area contributed by atoms with Crippen molar-refractivity contribution in [2.24, 2.45) is 5.92 Å². The maximum Gasteiger partial charge on any atom is 0.160 e. The second kappa shape index (κ2) is 4.07. The van der Waals surface area contributed by atoms with Gasteiger partial charge in [0.2, 0.25) is 0 Å². The van der Waals surface area contributed by atoms with E-state index in [9.17, 15) is 0 Å². The molecule has 3 aromatic rings. The Hall–Kier alpha value is -2.36. The van der Waals surface area contributed by atoms with Crippen molar-refractivity contribution in [2.45, 2.75) is 19.9 Å².